The molecule has 5 heteroatoms. The summed E-state index contributed by atoms with van der Waals surface area (Å²) in [6.45, 7) is 4.01. The number of nitrogens with two attached hydrogens (primary N) is 1. The van der Waals surface area contributed by atoms with Crippen molar-refractivity contribution in [2.45, 2.75) is 13.8 Å². The molecule has 0 saturated carbocycles. The molecule has 19 heavy (non-hydrogen) atoms. The van der Waals surface area contributed by atoms with Crippen molar-refractivity contribution < 1.29 is 4.92 Å². The van der Waals surface area contributed by atoms with E-state index in [4.69, 9.17) is 5.73 Å². The van der Waals surface area contributed by atoms with Gasteiger partial charge in [0.05, 0.1) is 4.92 Å². The lowest BCUT2D eigenvalue weighted by molar-refractivity contribution is -0.383. The van der Waals surface area contributed by atoms with Crippen LogP contribution in [0.2, 0.25) is 0 Å². The minimum atomic E-state index is -0.488. The molecule has 0 unspecified atom stereocenters. The number of benzene rings is 2. The van der Waals surface area contributed by atoms with Gasteiger partial charge in [-0.15, -0.1) is 0 Å². The average molecular weight is 257 g/mol. The molecular weight excluding hydrogens is 242 g/mol. The maximum absolute atomic E-state index is 10.7. The van der Waals surface area contributed by atoms with Crippen LogP contribution in [0.25, 0.3) is 0 Å². The SMILES string of the molecule is Cc1cccc(C)c1Nc1ccc([N+](=O)[O-])c(N)c1. The van der Waals surface area contributed by atoms with Crippen molar-refractivity contribution in [3.8, 4) is 0 Å². The summed E-state index contributed by atoms with van der Waals surface area (Å²) < 4.78 is 0. The first-order valence-corrected chi connectivity index (χ1v) is 5.86. The molecule has 0 aliphatic rings. The number of nitrogens with one attached hydrogen (secondary N) is 1. The Balaban J connectivity index is 2.34. The molecule has 0 bridgehead atoms. The van der Waals surface area contributed by atoms with Gasteiger partial charge in [-0.25, -0.2) is 0 Å². The first-order valence-electron chi connectivity index (χ1n) is 5.86. The second-order valence-electron chi connectivity index (χ2n) is 4.42. The molecule has 0 aliphatic carbocycles. The molecule has 0 aromatic heterocycles. The highest BCUT2D eigenvalue weighted by Gasteiger charge is 2.11. The van der Waals surface area contributed by atoms with Crippen LogP contribution in [0.1, 0.15) is 11.1 Å². The summed E-state index contributed by atoms with van der Waals surface area (Å²) in [5, 5.41) is 13.9. The first kappa shape index (κ1) is 12.9. The first-order chi connectivity index (χ1) is 8.99. The molecule has 0 heterocycles. The number of nitrogens with zero attached hydrogens (tertiary/aromatic N) is 1. The number of nitrogen functional groups attached to an aromatic ring is 1. The van der Waals surface area contributed by atoms with E-state index >= 15 is 0 Å². The zero-order valence-electron chi connectivity index (χ0n) is 10.8. The Morgan fingerprint density at radius 3 is 2.32 bits per heavy atom. The predicted octanol–water partition coefficient (Wildman–Crippen LogP) is 3.54. The lowest BCUT2D eigenvalue weighted by atomic mass is 10.1. The third-order valence-corrected chi connectivity index (χ3v) is 2.97. The number of hydrogen-bond donors (Lipinski definition) is 2. The molecular formula is C14H15N3O2. The van der Waals surface area contributed by atoms with Crippen LogP contribution in [0.15, 0.2) is 36.4 Å². The van der Waals surface area contributed by atoms with Crippen LogP contribution in [0.5, 0.6) is 0 Å². The molecule has 0 spiro atoms. The third kappa shape index (κ3) is 2.65. The highest BCUT2D eigenvalue weighted by Crippen LogP contribution is 2.29. The molecule has 0 aliphatic heterocycles. The number of hydrogen-bond acceptors (Lipinski definition) is 4. The van der Waals surface area contributed by atoms with E-state index in [1.54, 1.807) is 12.1 Å². The van der Waals surface area contributed by atoms with Crippen molar-refractivity contribution in [1.82, 2.24) is 0 Å². The van der Waals surface area contributed by atoms with Crippen LogP contribution in [0.4, 0.5) is 22.7 Å². The number of anilines is 3. The maximum Gasteiger partial charge on any atom is 0.292 e. The summed E-state index contributed by atoms with van der Waals surface area (Å²) in [5.74, 6) is 0. The Bertz CT molecular complexity index is 618. The summed E-state index contributed by atoms with van der Waals surface area (Å²) in [5.41, 5.74) is 9.70. The van der Waals surface area contributed by atoms with Gasteiger partial charge in [0.1, 0.15) is 5.69 Å². The van der Waals surface area contributed by atoms with Crippen LogP contribution in [-0.4, -0.2) is 4.92 Å². The molecule has 0 radical (unpaired) electrons. The second kappa shape index (κ2) is 4.97. The topological polar surface area (TPSA) is 81.2 Å². The van der Waals surface area contributed by atoms with Crippen LogP contribution in [-0.2, 0) is 0 Å². The molecule has 2 aromatic carbocycles. The molecule has 0 saturated heterocycles. The Kier molecular flexibility index (Phi) is 3.37. The van der Waals surface area contributed by atoms with E-state index in [0.717, 1.165) is 22.5 Å². The number of nitro benzene ring substituents is 1. The fraction of sp³-hybridized carbons (Fsp3) is 0.143. The van der Waals surface area contributed by atoms with Gasteiger partial charge in [0, 0.05) is 17.4 Å². The minimum Gasteiger partial charge on any atom is -0.393 e. The fourth-order valence-electron chi connectivity index (χ4n) is 1.95. The molecule has 98 valence electrons. The smallest absolute Gasteiger partial charge is 0.292 e. The lowest BCUT2D eigenvalue weighted by Gasteiger charge is -2.13. The van der Waals surface area contributed by atoms with Crippen LogP contribution in [0.3, 0.4) is 0 Å². The lowest BCUT2D eigenvalue weighted by Crippen LogP contribution is -1.99. The number of aryl methyl sites for hydroxylation is 2. The molecule has 0 atom stereocenters. The quantitative estimate of drug-likeness (QED) is 0.500. The van der Waals surface area contributed by atoms with Crippen molar-refractivity contribution in [1.29, 1.82) is 0 Å². The van der Waals surface area contributed by atoms with E-state index < -0.39 is 4.92 Å². The van der Waals surface area contributed by atoms with Gasteiger partial charge < -0.3 is 11.1 Å². The van der Waals surface area contributed by atoms with E-state index in [-0.39, 0.29) is 11.4 Å². The average Bonchev–Trinajstić information content (AvgIpc) is 2.33. The zero-order chi connectivity index (χ0) is 14.0. The Morgan fingerprint density at radius 2 is 1.79 bits per heavy atom. The zero-order valence-corrected chi connectivity index (χ0v) is 10.8. The van der Waals surface area contributed by atoms with Gasteiger partial charge in [-0.05, 0) is 37.1 Å². The molecule has 0 amide bonds. The highest BCUT2D eigenvalue weighted by molar-refractivity contribution is 5.72. The summed E-state index contributed by atoms with van der Waals surface area (Å²) in [7, 11) is 0. The fourth-order valence-corrected chi connectivity index (χ4v) is 1.95. The van der Waals surface area contributed by atoms with Gasteiger partial charge in [-0.3, -0.25) is 10.1 Å². The Labute approximate surface area is 111 Å². The van der Waals surface area contributed by atoms with Gasteiger partial charge in [0.2, 0.25) is 0 Å². The third-order valence-electron chi connectivity index (χ3n) is 2.97. The molecule has 3 N–H and O–H groups in total. The van der Waals surface area contributed by atoms with E-state index in [1.165, 1.54) is 6.07 Å². The number of nitro groups is 1. The van der Waals surface area contributed by atoms with Crippen molar-refractivity contribution >= 4 is 22.7 Å². The van der Waals surface area contributed by atoms with E-state index in [2.05, 4.69) is 5.32 Å². The Hall–Kier alpha value is -2.56. The minimum absolute atomic E-state index is 0.0768. The van der Waals surface area contributed by atoms with E-state index in [9.17, 15) is 10.1 Å². The molecule has 2 rings (SSSR count). The summed E-state index contributed by atoms with van der Waals surface area (Å²) in [6, 6.07) is 10.6. The second-order valence-corrected chi connectivity index (χ2v) is 4.42. The normalized spacial score (nSPS) is 10.2. The van der Waals surface area contributed by atoms with Crippen LogP contribution < -0.4 is 11.1 Å². The van der Waals surface area contributed by atoms with Gasteiger partial charge in [0.25, 0.3) is 5.69 Å². The van der Waals surface area contributed by atoms with Gasteiger partial charge >= 0.3 is 0 Å². The van der Waals surface area contributed by atoms with Gasteiger partial charge in [-0.2, -0.15) is 0 Å². The summed E-state index contributed by atoms with van der Waals surface area (Å²) in [4.78, 5) is 10.2. The maximum atomic E-state index is 10.7. The number of para-hydroxylation sites is 1. The molecule has 5 nitrogen and oxygen atoms in total. The van der Waals surface area contributed by atoms with Crippen molar-refractivity contribution in [2.24, 2.45) is 0 Å². The monoisotopic (exact) mass is 257 g/mol. The summed E-state index contributed by atoms with van der Waals surface area (Å²) in [6.07, 6.45) is 0. The van der Waals surface area contributed by atoms with Crippen molar-refractivity contribution in [2.75, 3.05) is 11.1 Å². The highest BCUT2D eigenvalue weighted by atomic mass is 16.6. The van der Waals surface area contributed by atoms with E-state index in [1.807, 2.05) is 32.0 Å². The number of rotatable bonds is 3. The standard InChI is InChI=1S/C14H15N3O2/c1-9-4-3-5-10(2)14(9)16-11-6-7-13(17(18)19)12(15)8-11/h3-8,16H,15H2,1-2H3. The van der Waals surface area contributed by atoms with Crippen LogP contribution >= 0.6 is 0 Å². The molecule has 0 fully saturated rings. The summed E-state index contributed by atoms with van der Waals surface area (Å²) >= 11 is 0. The molecule has 2 aromatic rings. The van der Waals surface area contributed by atoms with Gasteiger partial charge in [0.15, 0.2) is 0 Å². The van der Waals surface area contributed by atoms with E-state index in [0.29, 0.717) is 0 Å². The van der Waals surface area contributed by atoms with Crippen LogP contribution in [0, 0.1) is 24.0 Å². The Morgan fingerprint density at radius 1 is 1.16 bits per heavy atom. The van der Waals surface area contributed by atoms with Gasteiger partial charge in [-0.1, -0.05) is 18.2 Å². The van der Waals surface area contributed by atoms with Crippen molar-refractivity contribution in [3.63, 3.8) is 0 Å². The van der Waals surface area contributed by atoms with Crippen molar-refractivity contribution in [3.05, 3.63) is 57.6 Å². The largest absolute Gasteiger partial charge is 0.393 e. The predicted molar refractivity (Wildman–Crippen MR) is 76.7 cm³/mol.